The molecule has 0 spiro atoms. The molecule has 4 heteroatoms. The number of halogens is 2. The summed E-state index contributed by atoms with van der Waals surface area (Å²) in [5, 5.41) is 4.14. The molecule has 0 atom stereocenters. The molecular weight excluding hydrogens is 414 g/mol. The number of rotatable bonds is 0. The van der Waals surface area contributed by atoms with Gasteiger partial charge in [0.25, 0.3) is 0 Å². The molecule has 0 fully saturated rings. The number of hydrogen-bond acceptors (Lipinski definition) is 2. The summed E-state index contributed by atoms with van der Waals surface area (Å²) >= 11 is 8.12. The maximum Gasteiger partial charge on any atom is 0.0653 e. The molecular formula is C8H6I2S2. The predicted molar refractivity (Wildman–Crippen MR) is 74.1 cm³/mol. The highest BCUT2D eigenvalue weighted by molar-refractivity contribution is 14.1. The van der Waals surface area contributed by atoms with Gasteiger partial charge in [0.2, 0.25) is 0 Å². The van der Waals surface area contributed by atoms with Crippen molar-refractivity contribution in [2.75, 3.05) is 0 Å². The second-order valence-corrected chi connectivity index (χ2v) is 7.52. The minimum absolute atomic E-state index is 1.35. The first-order chi connectivity index (χ1) is 5.79. The van der Waals surface area contributed by atoms with Crippen LogP contribution >= 0.6 is 67.9 Å². The third kappa shape index (κ3) is 4.78. The first-order valence-electron chi connectivity index (χ1n) is 3.17. The molecule has 2 heterocycles. The summed E-state index contributed by atoms with van der Waals surface area (Å²) in [6.07, 6.45) is 0. The Bertz CT molecular complexity index is 254. The van der Waals surface area contributed by atoms with Gasteiger partial charge < -0.3 is 0 Å². The topological polar surface area (TPSA) is 0 Å². The van der Waals surface area contributed by atoms with Crippen molar-refractivity contribution in [3.8, 4) is 0 Å². The highest BCUT2D eigenvalue weighted by atomic mass is 127. The van der Waals surface area contributed by atoms with E-state index in [-0.39, 0.29) is 0 Å². The lowest BCUT2D eigenvalue weighted by atomic mass is 10.7. The van der Waals surface area contributed by atoms with E-state index in [4.69, 9.17) is 0 Å². The fraction of sp³-hybridized carbons (Fsp3) is 0. The van der Waals surface area contributed by atoms with Gasteiger partial charge in [-0.3, -0.25) is 0 Å². The summed E-state index contributed by atoms with van der Waals surface area (Å²) in [6.45, 7) is 0. The molecule has 0 aliphatic carbocycles. The Morgan fingerprint density at radius 2 is 1.25 bits per heavy atom. The van der Waals surface area contributed by atoms with Gasteiger partial charge in [0.15, 0.2) is 0 Å². The normalized spacial score (nSPS) is 8.83. The summed E-state index contributed by atoms with van der Waals surface area (Å²) in [6, 6.07) is 8.27. The summed E-state index contributed by atoms with van der Waals surface area (Å²) in [7, 11) is 0. The van der Waals surface area contributed by atoms with Crippen LogP contribution in [-0.2, 0) is 0 Å². The zero-order valence-electron chi connectivity index (χ0n) is 6.04. The summed E-state index contributed by atoms with van der Waals surface area (Å²) in [5.74, 6) is 0. The molecule has 0 aliphatic heterocycles. The minimum Gasteiger partial charge on any atom is -0.138 e. The Morgan fingerprint density at radius 3 is 1.33 bits per heavy atom. The molecule has 12 heavy (non-hydrogen) atoms. The zero-order chi connectivity index (χ0) is 8.81. The van der Waals surface area contributed by atoms with Crippen molar-refractivity contribution in [2.24, 2.45) is 0 Å². The molecule has 0 radical (unpaired) electrons. The van der Waals surface area contributed by atoms with Gasteiger partial charge >= 0.3 is 0 Å². The van der Waals surface area contributed by atoms with Crippen molar-refractivity contribution in [2.45, 2.75) is 0 Å². The van der Waals surface area contributed by atoms with Crippen LogP contribution in [0.3, 0.4) is 0 Å². The first kappa shape index (κ1) is 10.9. The van der Waals surface area contributed by atoms with E-state index < -0.39 is 0 Å². The first-order valence-corrected chi connectivity index (χ1v) is 7.09. The molecule has 64 valence electrons. The van der Waals surface area contributed by atoms with Gasteiger partial charge in [-0.15, -0.1) is 22.7 Å². The molecule has 0 N–H and O–H groups in total. The zero-order valence-corrected chi connectivity index (χ0v) is 12.0. The smallest absolute Gasteiger partial charge is 0.0653 e. The van der Waals surface area contributed by atoms with Crippen molar-refractivity contribution < 1.29 is 0 Å². The standard InChI is InChI=1S/2C4H3IS/c2*5-4-2-1-3-6-4/h2*1-3H. The Kier molecular flexibility index (Phi) is 5.77. The second-order valence-electron chi connectivity index (χ2n) is 1.83. The van der Waals surface area contributed by atoms with Crippen LogP contribution in [0.15, 0.2) is 35.0 Å². The lowest BCUT2D eigenvalue weighted by Crippen LogP contribution is -1.38. The van der Waals surface area contributed by atoms with Gasteiger partial charge in [0.1, 0.15) is 0 Å². The van der Waals surface area contributed by atoms with E-state index >= 15 is 0 Å². The van der Waals surface area contributed by atoms with Gasteiger partial charge in [-0.1, -0.05) is 12.1 Å². The van der Waals surface area contributed by atoms with Crippen LogP contribution in [0.4, 0.5) is 0 Å². The van der Waals surface area contributed by atoms with Crippen LogP contribution in [0.1, 0.15) is 0 Å². The van der Waals surface area contributed by atoms with Crippen LogP contribution in [0.25, 0.3) is 0 Å². The molecule has 0 saturated carbocycles. The van der Waals surface area contributed by atoms with Crippen molar-refractivity contribution in [3.63, 3.8) is 0 Å². The lowest BCUT2D eigenvalue weighted by Gasteiger charge is -1.62. The number of thiophene rings is 2. The van der Waals surface area contributed by atoms with Gasteiger partial charge in [0.05, 0.1) is 5.77 Å². The molecule has 0 unspecified atom stereocenters. The molecule has 0 amide bonds. The van der Waals surface area contributed by atoms with E-state index in [1.54, 1.807) is 22.7 Å². The Balaban J connectivity index is 0.000000120. The fourth-order valence-electron chi connectivity index (χ4n) is 0.517. The molecule has 0 bridgehead atoms. The van der Waals surface area contributed by atoms with Gasteiger partial charge in [-0.05, 0) is 68.1 Å². The maximum atomic E-state index is 2.29. The summed E-state index contributed by atoms with van der Waals surface area (Å²) in [5.41, 5.74) is 0. The third-order valence-electron chi connectivity index (χ3n) is 0.973. The van der Waals surface area contributed by atoms with E-state index in [2.05, 4.69) is 68.1 Å². The van der Waals surface area contributed by atoms with Crippen LogP contribution < -0.4 is 0 Å². The summed E-state index contributed by atoms with van der Waals surface area (Å²) in [4.78, 5) is 0. The van der Waals surface area contributed by atoms with Crippen LogP contribution in [-0.4, -0.2) is 0 Å². The van der Waals surface area contributed by atoms with E-state index in [1.807, 2.05) is 12.1 Å². The quantitative estimate of drug-likeness (QED) is 0.542. The lowest BCUT2D eigenvalue weighted by molar-refractivity contribution is 1.97. The van der Waals surface area contributed by atoms with Crippen molar-refractivity contribution in [1.82, 2.24) is 0 Å². The van der Waals surface area contributed by atoms with E-state index in [0.717, 1.165) is 0 Å². The average molecular weight is 420 g/mol. The molecule has 0 aromatic carbocycles. The maximum absolute atomic E-state index is 2.29. The molecule has 2 aromatic rings. The van der Waals surface area contributed by atoms with E-state index in [0.29, 0.717) is 0 Å². The van der Waals surface area contributed by atoms with Crippen molar-refractivity contribution in [3.05, 3.63) is 40.8 Å². The van der Waals surface area contributed by atoms with E-state index in [9.17, 15) is 0 Å². The minimum atomic E-state index is 1.35. The monoisotopic (exact) mass is 420 g/mol. The SMILES string of the molecule is Ic1cccs1.Ic1cccs1. The van der Waals surface area contributed by atoms with Crippen LogP contribution in [0, 0.1) is 5.77 Å². The Labute approximate surface area is 107 Å². The summed E-state index contributed by atoms with van der Waals surface area (Å²) < 4.78 is 2.71. The van der Waals surface area contributed by atoms with Crippen molar-refractivity contribution >= 4 is 67.9 Å². The molecule has 2 rings (SSSR count). The highest BCUT2D eigenvalue weighted by Gasteiger charge is 1.77. The van der Waals surface area contributed by atoms with Gasteiger partial charge in [0, 0.05) is 0 Å². The predicted octanol–water partition coefficient (Wildman–Crippen LogP) is 4.71. The highest BCUT2D eigenvalue weighted by Crippen LogP contribution is 2.10. The van der Waals surface area contributed by atoms with Gasteiger partial charge in [-0.2, -0.15) is 0 Å². The largest absolute Gasteiger partial charge is 0.138 e. The fourth-order valence-corrected chi connectivity index (χ4v) is 2.70. The molecule has 0 nitrogen and oxygen atoms in total. The van der Waals surface area contributed by atoms with Crippen LogP contribution in [0.5, 0.6) is 0 Å². The molecule has 0 saturated heterocycles. The van der Waals surface area contributed by atoms with E-state index in [1.165, 1.54) is 5.77 Å². The third-order valence-corrected chi connectivity index (χ3v) is 4.53. The molecule has 2 aromatic heterocycles. The van der Waals surface area contributed by atoms with Crippen LogP contribution in [0.2, 0.25) is 0 Å². The second kappa shape index (κ2) is 6.33. The average Bonchev–Trinajstić information content (AvgIpc) is 2.63. The number of hydrogen-bond donors (Lipinski definition) is 0. The van der Waals surface area contributed by atoms with Crippen molar-refractivity contribution in [1.29, 1.82) is 0 Å². The molecule has 0 aliphatic rings. The van der Waals surface area contributed by atoms with Gasteiger partial charge in [-0.25, -0.2) is 0 Å². The Morgan fingerprint density at radius 1 is 0.833 bits per heavy atom. The Hall–Kier alpha value is 0.860.